The molecular formula is C29H36N2O4S. The van der Waals surface area contributed by atoms with E-state index in [1.54, 1.807) is 61.6 Å². The van der Waals surface area contributed by atoms with E-state index in [2.05, 4.69) is 0 Å². The number of amides is 1. The van der Waals surface area contributed by atoms with E-state index < -0.39 is 22.2 Å². The molecule has 192 valence electrons. The molecule has 3 aromatic carbocycles. The van der Waals surface area contributed by atoms with Crippen molar-refractivity contribution in [3.63, 3.8) is 0 Å². The third kappa shape index (κ3) is 7.26. The minimum atomic E-state index is -3.83. The number of sulfonamides is 1. The lowest BCUT2D eigenvalue weighted by molar-refractivity contribution is 0.0375. The number of hydrogen-bond acceptors (Lipinski definition) is 4. The number of aliphatic hydroxyl groups excluding tert-OH is 1. The summed E-state index contributed by atoms with van der Waals surface area (Å²) in [4.78, 5) is 15.0. The molecule has 0 aromatic heterocycles. The summed E-state index contributed by atoms with van der Waals surface area (Å²) >= 11 is 0. The summed E-state index contributed by atoms with van der Waals surface area (Å²) in [7, 11) is -2.16. The van der Waals surface area contributed by atoms with Crippen LogP contribution in [-0.4, -0.2) is 60.9 Å². The average Bonchev–Trinajstić information content (AvgIpc) is 2.90. The molecule has 0 spiro atoms. The molecule has 7 heteroatoms. The zero-order valence-corrected chi connectivity index (χ0v) is 22.0. The van der Waals surface area contributed by atoms with Crippen molar-refractivity contribution in [2.75, 3.05) is 20.1 Å². The van der Waals surface area contributed by atoms with E-state index in [1.807, 2.05) is 50.2 Å². The zero-order valence-electron chi connectivity index (χ0n) is 21.2. The molecule has 36 heavy (non-hydrogen) atoms. The van der Waals surface area contributed by atoms with Crippen molar-refractivity contribution >= 4 is 15.9 Å². The highest BCUT2D eigenvalue weighted by atomic mass is 32.2. The van der Waals surface area contributed by atoms with Crippen molar-refractivity contribution in [1.82, 2.24) is 9.21 Å². The number of likely N-dealkylation sites (N-methyl/N-ethyl adjacent to an activating group) is 1. The van der Waals surface area contributed by atoms with Gasteiger partial charge in [0.25, 0.3) is 5.91 Å². The Labute approximate surface area is 215 Å². The van der Waals surface area contributed by atoms with Crippen LogP contribution in [0.4, 0.5) is 0 Å². The van der Waals surface area contributed by atoms with Crippen molar-refractivity contribution in [3.05, 3.63) is 102 Å². The molecule has 0 aliphatic heterocycles. The van der Waals surface area contributed by atoms with Crippen LogP contribution in [0.3, 0.4) is 0 Å². The lowest BCUT2D eigenvalue weighted by atomic mass is 9.99. The third-order valence-electron chi connectivity index (χ3n) is 6.30. The van der Waals surface area contributed by atoms with Gasteiger partial charge in [0.2, 0.25) is 10.0 Å². The second-order valence-corrected chi connectivity index (χ2v) is 11.4. The summed E-state index contributed by atoms with van der Waals surface area (Å²) in [6.45, 7) is 4.23. The molecule has 1 N–H and O–H groups in total. The first-order chi connectivity index (χ1) is 17.2. The molecule has 0 saturated carbocycles. The molecule has 1 amide bonds. The Morgan fingerprint density at radius 1 is 0.861 bits per heavy atom. The van der Waals surface area contributed by atoms with Gasteiger partial charge in [0.1, 0.15) is 0 Å². The van der Waals surface area contributed by atoms with Crippen molar-refractivity contribution in [1.29, 1.82) is 0 Å². The minimum Gasteiger partial charge on any atom is -0.390 e. The maximum Gasteiger partial charge on any atom is 0.253 e. The topological polar surface area (TPSA) is 77.9 Å². The van der Waals surface area contributed by atoms with E-state index in [-0.39, 0.29) is 29.8 Å². The summed E-state index contributed by atoms with van der Waals surface area (Å²) in [5.74, 6) is 0.0632. The molecule has 2 atom stereocenters. The average molecular weight is 509 g/mol. The van der Waals surface area contributed by atoms with E-state index in [0.717, 1.165) is 5.56 Å². The molecule has 0 aliphatic carbocycles. The Morgan fingerprint density at radius 2 is 1.39 bits per heavy atom. The Morgan fingerprint density at radius 3 is 1.94 bits per heavy atom. The predicted molar refractivity (Wildman–Crippen MR) is 143 cm³/mol. The van der Waals surface area contributed by atoms with Crippen LogP contribution in [0.2, 0.25) is 0 Å². The third-order valence-corrected chi connectivity index (χ3v) is 8.18. The summed E-state index contributed by atoms with van der Waals surface area (Å²) in [6.07, 6.45) is -0.0602. The van der Waals surface area contributed by atoms with Gasteiger partial charge in [-0.1, -0.05) is 80.6 Å². The molecule has 3 aromatic rings. The lowest BCUT2D eigenvalue weighted by Crippen LogP contribution is -2.51. The van der Waals surface area contributed by atoms with Crippen molar-refractivity contribution in [2.45, 2.75) is 43.7 Å². The summed E-state index contributed by atoms with van der Waals surface area (Å²) in [5.41, 5.74) is 1.47. The van der Waals surface area contributed by atoms with Crippen LogP contribution in [0, 0.1) is 5.92 Å². The molecule has 0 aliphatic rings. The van der Waals surface area contributed by atoms with Gasteiger partial charge in [-0.3, -0.25) is 4.79 Å². The largest absolute Gasteiger partial charge is 0.390 e. The van der Waals surface area contributed by atoms with Gasteiger partial charge < -0.3 is 10.0 Å². The van der Waals surface area contributed by atoms with E-state index in [0.29, 0.717) is 18.4 Å². The Balaban J connectivity index is 1.92. The Hall–Kier alpha value is -3.00. The molecular weight excluding hydrogens is 472 g/mol. The van der Waals surface area contributed by atoms with E-state index in [4.69, 9.17) is 0 Å². The van der Waals surface area contributed by atoms with Crippen LogP contribution in [-0.2, 0) is 16.4 Å². The van der Waals surface area contributed by atoms with Gasteiger partial charge >= 0.3 is 0 Å². The van der Waals surface area contributed by atoms with Crippen LogP contribution in [0.1, 0.15) is 36.2 Å². The number of rotatable bonds is 12. The van der Waals surface area contributed by atoms with Gasteiger partial charge in [0.05, 0.1) is 17.0 Å². The fourth-order valence-electron chi connectivity index (χ4n) is 4.11. The minimum absolute atomic E-state index is 0.117. The first-order valence-corrected chi connectivity index (χ1v) is 13.7. The molecule has 0 saturated heterocycles. The van der Waals surface area contributed by atoms with Gasteiger partial charge in [-0.05, 0) is 48.6 Å². The second kappa shape index (κ2) is 12.8. The van der Waals surface area contributed by atoms with Gasteiger partial charge in [-0.15, -0.1) is 0 Å². The molecule has 3 rings (SSSR count). The van der Waals surface area contributed by atoms with Crippen LogP contribution >= 0.6 is 0 Å². The number of aliphatic hydroxyl groups is 1. The molecule has 0 heterocycles. The van der Waals surface area contributed by atoms with Gasteiger partial charge in [0.15, 0.2) is 0 Å². The first kappa shape index (κ1) is 27.6. The normalized spacial score (nSPS) is 13.5. The quantitative estimate of drug-likeness (QED) is 0.392. The van der Waals surface area contributed by atoms with Gasteiger partial charge in [-0.2, -0.15) is 4.31 Å². The van der Waals surface area contributed by atoms with Gasteiger partial charge in [0, 0.05) is 25.7 Å². The van der Waals surface area contributed by atoms with Crippen LogP contribution in [0.15, 0.2) is 95.9 Å². The highest BCUT2D eigenvalue weighted by Gasteiger charge is 2.33. The Bertz CT molecular complexity index is 1190. The van der Waals surface area contributed by atoms with Crippen LogP contribution in [0.5, 0.6) is 0 Å². The molecule has 6 nitrogen and oxygen atoms in total. The monoisotopic (exact) mass is 508 g/mol. The maximum absolute atomic E-state index is 13.5. The fraction of sp³-hybridized carbons (Fsp3) is 0.345. The van der Waals surface area contributed by atoms with E-state index in [1.165, 1.54) is 9.21 Å². The molecule has 0 bridgehead atoms. The molecule has 0 fully saturated rings. The van der Waals surface area contributed by atoms with Gasteiger partial charge in [-0.25, -0.2) is 8.42 Å². The number of carbonyl (C=O) groups is 1. The summed E-state index contributed by atoms with van der Waals surface area (Å²) in [5, 5.41) is 11.5. The number of carbonyl (C=O) groups excluding carboxylic acids is 1. The smallest absolute Gasteiger partial charge is 0.253 e. The number of hydrogen-bond donors (Lipinski definition) is 1. The maximum atomic E-state index is 13.5. The second-order valence-electron chi connectivity index (χ2n) is 9.47. The van der Waals surface area contributed by atoms with E-state index in [9.17, 15) is 18.3 Å². The predicted octanol–water partition coefficient (Wildman–Crippen LogP) is 4.47. The Kier molecular flexibility index (Phi) is 9.81. The van der Waals surface area contributed by atoms with Crippen LogP contribution in [0.25, 0.3) is 0 Å². The standard InChI is InChI=1S/C29H36N2O4S/c1-23(2)19-20-31(36(34,35)26-17-11-6-12-18-26)22-28(32)27(21-24-13-7-4-8-14-24)30(3)29(33)25-15-9-5-10-16-25/h4-18,23,27-28,32H,19-22H2,1-3H3/t27-,28+/m0/s1. The van der Waals surface area contributed by atoms with Crippen LogP contribution < -0.4 is 0 Å². The molecule has 0 unspecified atom stereocenters. The number of benzene rings is 3. The van der Waals surface area contributed by atoms with E-state index >= 15 is 0 Å². The summed E-state index contributed by atoms with van der Waals surface area (Å²) in [6, 6.07) is 26.2. The number of nitrogens with zero attached hydrogens (tertiary/aromatic N) is 2. The van der Waals surface area contributed by atoms with Crippen molar-refractivity contribution < 1.29 is 18.3 Å². The highest BCUT2D eigenvalue weighted by molar-refractivity contribution is 7.89. The SMILES string of the molecule is CC(C)CCN(C[C@@H](O)[C@H](Cc1ccccc1)N(C)C(=O)c1ccccc1)S(=O)(=O)c1ccccc1. The fourth-order valence-corrected chi connectivity index (χ4v) is 5.60. The zero-order chi connectivity index (χ0) is 26.1. The molecule has 0 radical (unpaired) electrons. The van der Waals surface area contributed by atoms with Crippen molar-refractivity contribution in [2.24, 2.45) is 5.92 Å². The lowest BCUT2D eigenvalue weighted by Gasteiger charge is -2.35. The summed E-state index contributed by atoms with van der Waals surface area (Å²) < 4.78 is 28.4. The first-order valence-electron chi connectivity index (χ1n) is 12.3. The highest BCUT2D eigenvalue weighted by Crippen LogP contribution is 2.21. The van der Waals surface area contributed by atoms with Crippen molar-refractivity contribution in [3.8, 4) is 0 Å².